The Bertz CT molecular complexity index is 504. The van der Waals surface area contributed by atoms with Crippen LogP contribution in [0.4, 0.5) is 13.2 Å². The summed E-state index contributed by atoms with van der Waals surface area (Å²) < 4.78 is 44.1. The van der Waals surface area contributed by atoms with Crippen molar-refractivity contribution < 1.29 is 32.6 Å². The van der Waals surface area contributed by atoms with Crippen molar-refractivity contribution in [1.29, 1.82) is 0 Å². The van der Waals surface area contributed by atoms with Gasteiger partial charge in [0.15, 0.2) is 0 Å². The largest absolute Gasteiger partial charge is 0.463 e. The molecule has 0 aliphatic rings. The molecule has 0 fully saturated rings. The van der Waals surface area contributed by atoms with E-state index in [1.54, 1.807) is 0 Å². The minimum Gasteiger partial charge on any atom is -0.463 e. The van der Waals surface area contributed by atoms with Gasteiger partial charge in [-0.1, -0.05) is 0 Å². The van der Waals surface area contributed by atoms with Crippen molar-refractivity contribution in [1.82, 2.24) is 5.32 Å². The molecule has 0 aliphatic carbocycles. The highest BCUT2D eigenvalue weighted by Crippen LogP contribution is 2.42. The third-order valence-electron chi connectivity index (χ3n) is 2.75. The zero-order valence-electron chi connectivity index (χ0n) is 11.9. The first kappa shape index (κ1) is 17.5. The van der Waals surface area contributed by atoms with Crippen LogP contribution < -0.4 is 5.32 Å². The Morgan fingerprint density at radius 2 is 1.86 bits per heavy atom. The summed E-state index contributed by atoms with van der Waals surface area (Å²) in [4.78, 5) is 11.6. The molecule has 0 saturated heterocycles. The zero-order valence-corrected chi connectivity index (χ0v) is 11.9. The molecule has 1 amide bonds. The maximum atomic E-state index is 13.1. The van der Waals surface area contributed by atoms with Crippen LogP contribution in [0.2, 0.25) is 0 Å². The van der Waals surface area contributed by atoms with Crippen LogP contribution in [0.3, 0.4) is 0 Å². The van der Waals surface area contributed by atoms with Gasteiger partial charge in [0.05, 0.1) is 12.0 Å². The fourth-order valence-corrected chi connectivity index (χ4v) is 1.59. The second-order valence-corrected chi connectivity index (χ2v) is 5.53. The number of aliphatic hydroxyl groups is 2. The van der Waals surface area contributed by atoms with Crippen molar-refractivity contribution in [2.24, 2.45) is 0 Å². The number of carbonyl (C=O) groups excluding carboxylic acids is 1. The lowest BCUT2D eigenvalue weighted by Gasteiger charge is -2.28. The van der Waals surface area contributed by atoms with E-state index in [0.717, 1.165) is 6.07 Å². The Morgan fingerprint density at radius 1 is 1.29 bits per heavy atom. The van der Waals surface area contributed by atoms with Crippen LogP contribution >= 0.6 is 0 Å². The minimum absolute atomic E-state index is 0.185. The van der Waals surface area contributed by atoms with Crippen molar-refractivity contribution in [3.63, 3.8) is 0 Å². The van der Waals surface area contributed by atoms with Crippen LogP contribution in [0, 0.1) is 6.92 Å². The predicted molar refractivity (Wildman–Crippen MR) is 67.3 cm³/mol. The van der Waals surface area contributed by atoms with Crippen molar-refractivity contribution >= 4 is 5.91 Å². The fraction of sp³-hybridized carbons (Fsp3) is 0.615. The molecule has 1 atom stereocenters. The molecule has 1 unspecified atom stereocenters. The predicted octanol–water partition coefficient (Wildman–Crippen LogP) is 1.62. The van der Waals surface area contributed by atoms with Crippen molar-refractivity contribution in [2.75, 3.05) is 6.54 Å². The molecule has 1 aromatic heterocycles. The molecule has 8 heteroatoms. The number of alkyl halides is 3. The highest BCUT2D eigenvalue weighted by atomic mass is 19.4. The molecule has 0 aliphatic heterocycles. The summed E-state index contributed by atoms with van der Waals surface area (Å²) in [5, 5.41) is 21.5. The first-order valence-electron chi connectivity index (χ1n) is 6.20. The van der Waals surface area contributed by atoms with Crippen LogP contribution in [-0.2, 0) is 10.4 Å². The van der Waals surface area contributed by atoms with E-state index >= 15 is 0 Å². The van der Waals surface area contributed by atoms with Gasteiger partial charge in [0.2, 0.25) is 11.5 Å². The first-order chi connectivity index (χ1) is 9.35. The summed E-state index contributed by atoms with van der Waals surface area (Å²) in [6, 6.07) is 2.24. The third-order valence-corrected chi connectivity index (χ3v) is 2.75. The number of halogens is 3. The van der Waals surface area contributed by atoms with Gasteiger partial charge in [-0.25, -0.2) is 0 Å². The van der Waals surface area contributed by atoms with Crippen LogP contribution in [0.25, 0.3) is 0 Å². The standard InChI is InChI=1S/C13H18F3NO4/c1-8-4-5-9(21-8)12(20,13(14,15)16)6-10(18)17-7-11(2,3)19/h4-5,19-20H,6-7H2,1-3H3,(H,17,18). The van der Waals surface area contributed by atoms with Crippen molar-refractivity contribution in [3.8, 4) is 0 Å². The molecular weight excluding hydrogens is 291 g/mol. The van der Waals surface area contributed by atoms with Crippen LogP contribution in [0.1, 0.15) is 31.8 Å². The van der Waals surface area contributed by atoms with Gasteiger partial charge in [-0.15, -0.1) is 0 Å². The molecule has 5 nitrogen and oxygen atoms in total. The Kier molecular flexibility index (Phi) is 4.74. The van der Waals surface area contributed by atoms with E-state index in [9.17, 15) is 28.2 Å². The second-order valence-electron chi connectivity index (χ2n) is 5.53. The van der Waals surface area contributed by atoms with Gasteiger partial charge >= 0.3 is 6.18 Å². The number of carbonyl (C=O) groups is 1. The summed E-state index contributed by atoms with van der Waals surface area (Å²) in [6.45, 7) is 3.96. The SMILES string of the molecule is Cc1ccc(C(O)(CC(=O)NCC(C)(C)O)C(F)(F)F)o1. The van der Waals surface area contributed by atoms with E-state index in [4.69, 9.17) is 4.42 Å². The van der Waals surface area contributed by atoms with Gasteiger partial charge in [0, 0.05) is 6.54 Å². The van der Waals surface area contributed by atoms with Crippen molar-refractivity contribution in [3.05, 3.63) is 23.7 Å². The number of hydrogen-bond donors (Lipinski definition) is 3. The molecule has 0 aromatic carbocycles. The topological polar surface area (TPSA) is 82.7 Å². The molecule has 0 radical (unpaired) electrons. The quantitative estimate of drug-likeness (QED) is 0.772. The van der Waals surface area contributed by atoms with E-state index in [0.29, 0.717) is 0 Å². The number of furan rings is 1. The van der Waals surface area contributed by atoms with Gasteiger partial charge in [0.25, 0.3) is 0 Å². The maximum absolute atomic E-state index is 13.1. The number of rotatable bonds is 5. The summed E-state index contributed by atoms with van der Waals surface area (Å²) >= 11 is 0. The molecule has 3 N–H and O–H groups in total. The number of aryl methyl sites for hydroxylation is 1. The van der Waals surface area contributed by atoms with E-state index < -0.39 is 35.5 Å². The molecule has 0 bridgehead atoms. The number of nitrogens with one attached hydrogen (secondary N) is 1. The van der Waals surface area contributed by atoms with Gasteiger partial charge in [-0.05, 0) is 32.9 Å². The maximum Gasteiger partial charge on any atom is 0.425 e. The molecule has 120 valence electrons. The molecule has 1 heterocycles. The van der Waals surface area contributed by atoms with Crippen molar-refractivity contribution in [2.45, 2.75) is 44.6 Å². The molecule has 1 rings (SSSR count). The highest BCUT2D eigenvalue weighted by molar-refractivity contribution is 5.77. The molecule has 1 aromatic rings. The molecule has 0 spiro atoms. The Labute approximate surface area is 119 Å². The Morgan fingerprint density at radius 3 is 2.24 bits per heavy atom. The lowest BCUT2D eigenvalue weighted by Crippen LogP contribution is -2.47. The second kappa shape index (κ2) is 5.69. The van der Waals surface area contributed by atoms with Crippen LogP contribution in [-0.4, -0.2) is 34.4 Å². The van der Waals surface area contributed by atoms with Gasteiger partial charge < -0.3 is 19.9 Å². The van der Waals surface area contributed by atoms with E-state index in [1.165, 1.54) is 26.8 Å². The first-order valence-corrected chi connectivity index (χ1v) is 6.20. The number of hydrogen-bond acceptors (Lipinski definition) is 4. The number of amides is 1. The van der Waals surface area contributed by atoms with E-state index in [-0.39, 0.29) is 12.3 Å². The Balaban J connectivity index is 2.93. The highest BCUT2D eigenvalue weighted by Gasteiger charge is 2.58. The lowest BCUT2D eigenvalue weighted by atomic mass is 9.95. The summed E-state index contributed by atoms with van der Waals surface area (Å²) in [5.41, 5.74) is -4.68. The van der Waals surface area contributed by atoms with Crippen LogP contribution in [0.15, 0.2) is 16.5 Å². The summed E-state index contributed by atoms with van der Waals surface area (Å²) in [7, 11) is 0. The van der Waals surface area contributed by atoms with E-state index in [1.807, 2.05) is 0 Å². The Hall–Kier alpha value is -1.54. The summed E-state index contributed by atoms with van der Waals surface area (Å²) in [6.07, 6.45) is -6.33. The lowest BCUT2D eigenvalue weighted by molar-refractivity contribution is -0.273. The normalized spacial score (nSPS) is 15.6. The molecular formula is C13H18F3NO4. The zero-order chi connectivity index (χ0) is 16.5. The van der Waals surface area contributed by atoms with E-state index in [2.05, 4.69) is 5.32 Å². The fourth-order valence-electron chi connectivity index (χ4n) is 1.59. The molecule has 0 saturated carbocycles. The third kappa shape index (κ3) is 4.47. The van der Waals surface area contributed by atoms with Gasteiger partial charge in [-0.3, -0.25) is 4.79 Å². The minimum atomic E-state index is -5.08. The molecule has 21 heavy (non-hydrogen) atoms. The monoisotopic (exact) mass is 309 g/mol. The average Bonchev–Trinajstić information content (AvgIpc) is 2.71. The van der Waals surface area contributed by atoms with Gasteiger partial charge in [0.1, 0.15) is 11.5 Å². The van der Waals surface area contributed by atoms with Crippen LogP contribution in [0.5, 0.6) is 0 Å². The summed E-state index contributed by atoms with van der Waals surface area (Å²) in [5.74, 6) is -1.61. The smallest absolute Gasteiger partial charge is 0.425 e. The average molecular weight is 309 g/mol. The van der Waals surface area contributed by atoms with Gasteiger partial charge in [-0.2, -0.15) is 13.2 Å².